The number of hydrogen-bond donors (Lipinski definition) is 0. The summed E-state index contributed by atoms with van der Waals surface area (Å²) in [6, 6.07) is 35.0. The number of fused-ring (bicyclic) bond motifs is 1. The summed E-state index contributed by atoms with van der Waals surface area (Å²) in [7, 11) is 0. The highest BCUT2D eigenvalue weighted by molar-refractivity contribution is 6.07. The molecule has 0 bridgehead atoms. The minimum absolute atomic E-state index is 0.0405. The van der Waals surface area contributed by atoms with Gasteiger partial charge in [0.05, 0.1) is 17.1 Å². The maximum Gasteiger partial charge on any atom is 0.254 e. The molecule has 6 rings (SSSR count). The molecule has 0 radical (unpaired) electrons. The van der Waals surface area contributed by atoms with E-state index in [2.05, 4.69) is 65.6 Å². The number of rotatable bonds is 5. The zero-order valence-electron chi connectivity index (χ0n) is 20.9. The van der Waals surface area contributed by atoms with Crippen molar-refractivity contribution in [1.82, 2.24) is 14.8 Å². The van der Waals surface area contributed by atoms with Crippen molar-refractivity contribution in [2.75, 3.05) is 26.2 Å². The number of benzene rings is 3. The molecule has 0 spiro atoms. The molecule has 1 amide bonds. The molecule has 5 nitrogen and oxygen atoms in total. The van der Waals surface area contributed by atoms with Crippen molar-refractivity contribution in [3.05, 3.63) is 126 Å². The van der Waals surface area contributed by atoms with E-state index in [1.807, 2.05) is 54.3 Å². The quantitative estimate of drug-likeness (QED) is 0.290. The average molecular weight is 488 g/mol. The molecule has 5 heteroatoms. The van der Waals surface area contributed by atoms with Crippen LogP contribution in [0.15, 0.2) is 108 Å². The number of aryl methyl sites for hydroxylation is 1. The highest BCUT2D eigenvalue weighted by Crippen LogP contribution is 2.31. The van der Waals surface area contributed by atoms with E-state index in [1.165, 1.54) is 11.1 Å². The van der Waals surface area contributed by atoms with Gasteiger partial charge in [-0.25, -0.2) is 4.98 Å². The van der Waals surface area contributed by atoms with Gasteiger partial charge in [0, 0.05) is 31.6 Å². The van der Waals surface area contributed by atoms with Crippen LogP contribution in [0, 0.1) is 6.92 Å². The molecule has 37 heavy (non-hydrogen) atoms. The van der Waals surface area contributed by atoms with E-state index >= 15 is 0 Å². The fourth-order valence-corrected chi connectivity index (χ4v) is 5.29. The minimum atomic E-state index is 0.0405. The monoisotopic (exact) mass is 487 g/mol. The predicted molar refractivity (Wildman–Crippen MR) is 146 cm³/mol. The van der Waals surface area contributed by atoms with Crippen molar-refractivity contribution in [2.45, 2.75) is 13.0 Å². The summed E-state index contributed by atoms with van der Waals surface area (Å²) in [6.07, 6.45) is 0. The van der Waals surface area contributed by atoms with Crippen LogP contribution in [0.2, 0.25) is 0 Å². The van der Waals surface area contributed by atoms with Crippen molar-refractivity contribution in [2.24, 2.45) is 0 Å². The van der Waals surface area contributed by atoms with E-state index in [4.69, 9.17) is 9.40 Å². The number of pyridine rings is 1. The third-order valence-corrected chi connectivity index (χ3v) is 7.14. The van der Waals surface area contributed by atoms with Crippen molar-refractivity contribution in [3.8, 4) is 11.5 Å². The maximum absolute atomic E-state index is 13.9. The number of hydrogen-bond acceptors (Lipinski definition) is 4. The second-order valence-corrected chi connectivity index (χ2v) is 9.53. The smallest absolute Gasteiger partial charge is 0.254 e. The van der Waals surface area contributed by atoms with E-state index in [9.17, 15) is 4.79 Å². The lowest BCUT2D eigenvalue weighted by molar-refractivity contribution is 0.0599. The Bertz CT molecular complexity index is 1480. The van der Waals surface area contributed by atoms with E-state index < -0.39 is 0 Å². The predicted octanol–water partition coefficient (Wildman–Crippen LogP) is 6.35. The molecule has 0 N–H and O–H groups in total. The van der Waals surface area contributed by atoms with Crippen LogP contribution < -0.4 is 0 Å². The third-order valence-electron chi connectivity index (χ3n) is 7.14. The summed E-state index contributed by atoms with van der Waals surface area (Å²) in [5, 5.41) is 0.869. The lowest BCUT2D eigenvalue weighted by Crippen LogP contribution is -2.49. The highest BCUT2D eigenvalue weighted by atomic mass is 16.3. The number of carbonyl (C=O) groups is 1. The summed E-state index contributed by atoms with van der Waals surface area (Å²) in [4.78, 5) is 23.1. The van der Waals surface area contributed by atoms with Crippen LogP contribution in [0.1, 0.15) is 33.3 Å². The highest BCUT2D eigenvalue weighted by Gasteiger charge is 2.29. The SMILES string of the molecule is Cc1ccc(-c2cc(C(=O)N3CCN(C(c4ccccc4)c4ccccc4)CC3)c3ccccc3n2)o1. The molecule has 5 aromatic rings. The number of amides is 1. The van der Waals surface area contributed by atoms with Crippen molar-refractivity contribution < 1.29 is 9.21 Å². The van der Waals surface area contributed by atoms with Crippen molar-refractivity contribution in [1.29, 1.82) is 0 Å². The Morgan fingerprint density at radius 1 is 0.784 bits per heavy atom. The molecule has 0 atom stereocenters. The summed E-state index contributed by atoms with van der Waals surface area (Å²) in [5.41, 5.74) is 4.69. The summed E-state index contributed by atoms with van der Waals surface area (Å²) < 4.78 is 5.83. The van der Waals surface area contributed by atoms with Crippen LogP contribution >= 0.6 is 0 Å². The second kappa shape index (κ2) is 10.0. The normalized spacial score (nSPS) is 14.4. The molecule has 3 aromatic carbocycles. The molecule has 0 saturated carbocycles. The Hall–Kier alpha value is -4.22. The lowest BCUT2D eigenvalue weighted by atomic mass is 9.96. The molecular weight excluding hydrogens is 458 g/mol. The van der Waals surface area contributed by atoms with Crippen LogP contribution in [-0.4, -0.2) is 46.9 Å². The average Bonchev–Trinajstić information content (AvgIpc) is 3.40. The molecule has 1 aliphatic heterocycles. The number of para-hydroxylation sites is 1. The summed E-state index contributed by atoms with van der Waals surface area (Å²) >= 11 is 0. The van der Waals surface area contributed by atoms with Gasteiger partial charge in [-0.15, -0.1) is 0 Å². The fourth-order valence-electron chi connectivity index (χ4n) is 5.29. The van der Waals surface area contributed by atoms with Crippen molar-refractivity contribution in [3.63, 3.8) is 0 Å². The third kappa shape index (κ3) is 4.66. The van der Waals surface area contributed by atoms with Gasteiger partial charge in [0.25, 0.3) is 5.91 Å². The van der Waals surface area contributed by atoms with Gasteiger partial charge in [0.15, 0.2) is 5.76 Å². The fraction of sp³-hybridized carbons (Fsp3) is 0.188. The number of piperazine rings is 1. The first-order chi connectivity index (χ1) is 18.2. The Morgan fingerprint density at radius 2 is 1.41 bits per heavy atom. The van der Waals surface area contributed by atoms with Gasteiger partial charge in [-0.2, -0.15) is 0 Å². The van der Waals surface area contributed by atoms with Crippen LogP contribution in [0.25, 0.3) is 22.4 Å². The number of nitrogens with zero attached hydrogens (tertiary/aromatic N) is 3. The second-order valence-electron chi connectivity index (χ2n) is 9.53. The number of carbonyl (C=O) groups excluding carboxylic acids is 1. The van der Waals surface area contributed by atoms with Gasteiger partial charge in [-0.3, -0.25) is 9.69 Å². The molecule has 0 aliphatic carbocycles. The van der Waals surface area contributed by atoms with E-state index in [-0.39, 0.29) is 11.9 Å². The molecule has 2 aromatic heterocycles. The molecule has 1 saturated heterocycles. The van der Waals surface area contributed by atoms with Crippen LogP contribution in [0.3, 0.4) is 0 Å². The zero-order valence-corrected chi connectivity index (χ0v) is 20.9. The topological polar surface area (TPSA) is 49.6 Å². The Balaban J connectivity index is 1.27. The van der Waals surface area contributed by atoms with Gasteiger partial charge in [-0.05, 0) is 42.3 Å². The van der Waals surface area contributed by atoms with E-state index in [0.717, 1.165) is 29.8 Å². The van der Waals surface area contributed by atoms with Gasteiger partial charge < -0.3 is 9.32 Å². The van der Waals surface area contributed by atoms with E-state index in [1.54, 1.807) is 0 Å². The Kier molecular flexibility index (Phi) is 6.29. The van der Waals surface area contributed by atoms with Crippen LogP contribution in [0.5, 0.6) is 0 Å². The first kappa shape index (κ1) is 23.2. The van der Waals surface area contributed by atoms with Crippen LogP contribution in [-0.2, 0) is 0 Å². The molecule has 0 unspecified atom stereocenters. The first-order valence-electron chi connectivity index (χ1n) is 12.8. The summed E-state index contributed by atoms with van der Waals surface area (Å²) in [6.45, 7) is 4.84. The first-order valence-corrected chi connectivity index (χ1v) is 12.8. The van der Waals surface area contributed by atoms with Gasteiger partial charge in [0.2, 0.25) is 0 Å². The lowest BCUT2D eigenvalue weighted by Gasteiger charge is -2.40. The van der Waals surface area contributed by atoms with Gasteiger partial charge in [-0.1, -0.05) is 78.9 Å². The zero-order chi connectivity index (χ0) is 25.2. The van der Waals surface area contributed by atoms with Gasteiger partial charge >= 0.3 is 0 Å². The van der Waals surface area contributed by atoms with Crippen LogP contribution in [0.4, 0.5) is 0 Å². The molecule has 184 valence electrons. The Labute approximate surface area is 217 Å². The number of aromatic nitrogens is 1. The standard InChI is InChI=1S/C32H29N3O2/c1-23-16-17-30(37-23)29-22-27(26-14-8-9-15-28(26)33-29)32(36)35-20-18-34(19-21-35)31(24-10-4-2-5-11-24)25-12-6-3-7-13-25/h2-17,22,31H,18-21H2,1H3. The van der Waals surface area contributed by atoms with Crippen molar-refractivity contribution >= 4 is 16.8 Å². The maximum atomic E-state index is 13.9. The molecule has 3 heterocycles. The number of furan rings is 1. The molecular formula is C32H29N3O2. The van der Waals surface area contributed by atoms with E-state index in [0.29, 0.717) is 30.1 Å². The summed E-state index contributed by atoms with van der Waals surface area (Å²) in [5.74, 6) is 1.54. The molecule has 1 fully saturated rings. The molecule has 1 aliphatic rings. The Morgan fingerprint density at radius 3 is 2.03 bits per heavy atom. The largest absolute Gasteiger partial charge is 0.460 e. The minimum Gasteiger partial charge on any atom is -0.460 e. The van der Waals surface area contributed by atoms with Gasteiger partial charge in [0.1, 0.15) is 11.5 Å².